The molecule has 0 aliphatic carbocycles. The summed E-state index contributed by atoms with van der Waals surface area (Å²) in [6, 6.07) is 13.1. The van der Waals surface area contributed by atoms with Crippen LogP contribution >= 0.6 is 0 Å². The van der Waals surface area contributed by atoms with Gasteiger partial charge in [-0.15, -0.1) is 0 Å². The van der Waals surface area contributed by atoms with Crippen LogP contribution in [-0.4, -0.2) is 31.0 Å². The van der Waals surface area contributed by atoms with E-state index in [2.05, 4.69) is 0 Å². The van der Waals surface area contributed by atoms with E-state index in [0.717, 1.165) is 17.7 Å². The average Bonchev–Trinajstić information content (AvgIpc) is 2.64. The number of nitrogens with two attached hydrogens (primary N) is 1. The molecule has 2 aromatic rings. The fourth-order valence-corrected chi connectivity index (χ4v) is 3.37. The number of ether oxygens (including phenoxy) is 2. The SMILES string of the molecule is NC1(c2ccc(F)cc2F)COC(COCc2ccccc2)CC1CO. The Morgan fingerprint density at radius 3 is 2.65 bits per heavy atom. The summed E-state index contributed by atoms with van der Waals surface area (Å²) in [6.07, 6.45) is 0.189. The topological polar surface area (TPSA) is 64.7 Å². The van der Waals surface area contributed by atoms with E-state index < -0.39 is 23.1 Å². The molecule has 1 heterocycles. The van der Waals surface area contributed by atoms with Crippen molar-refractivity contribution in [1.82, 2.24) is 0 Å². The molecule has 1 aliphatic heterocycles. The Balaban J connectivity index is 1.63. The molecule has 1 saturated heterocycles. The van der Waals surface area contributed by atoms with E-state index >= 15 is 0 Å². The zero-order valence-electron chi connectivity index (χ0n) is 14.4. The molecule has 0 aromatic heterocycles. The van der Waals surface area contributed by atoms with Crippen molar-refractivity contribution in [2.45, 2.75) is 24.7 Å². The van der Waals surface area contributed by atoms with Crippen LogP contribution in [0.3, 0.4) is 0 Å². The van der Waals surface area contributed by atoms with Crippen LogP contribution in [0.2, 0.25) is 0 Å². The minimum absolute atomic E-state index is 0.0279. The summed E-state index contributed by atoms with van der Waals surface area (Å²) in [5.74, 6) is -1.81. The Kier molecular flexibility index (Phi) is 5.98. The van der Waals surface area contributed by atoms with Crippen LogP contribution in [0.1, 0.15) is 17.5 Å². The van der Waals surface area contributed by atoms with Crippen molar-refractivity contribution in [2.75, 3.05) is 19.8 Å². The highest BCUT2D eigenvalue weighted by Gasteiger charge is 2.44. The predicted octanol–water partition coefficient (Wildman–Crippen LogP) is 2.73. The van der Waals surface area contributed by atoms with E-state index in [1.165, 1.54) is 6.07 Å². The van der Waals surface area contributed by atoms with E-state index in [1.54, 1.807) is 0 Å². The van der Waals surface area contributed by atoms with Crippen LogP contribution in [0.15, 0.2) is 48.5 Å². The first-order chi connectivity index (χ1) is 12.5. The second-order valence-electron chi connectivity index (χ2n) is 6.71. The van der Waals surface area contributed by atoms with Gasteiger partial charge >= 0.3 is 0 Å². The van der Waals surface area contributed by atoms with Gasteiger partial charge in [-0.2, -0.15) is 0 Å². The van der Waals surface area contributed by atoms with E-state index in [4.69, 9.17) is 15.2 Å². The van der Waals surface area contributed by atoms with E-state index in [0.29, 0.717) is 19.6 Å². The minimum atomic E-state index is -1.21. The summed E-state index contributed by atoms with van der Waals surface area (Å²) in [6.45, 7) is 0.629. The van der Waals surface area contributed by atoms with Crippen molar-refractivity contribution in [3.05, 3.63) is 71.3 Å². The Morgan fingerprint density at radius 2 is 1.96 bits per heavy atom. The Hall–Kier alpha value is -1.86. The lowest BCUT2D eigenvalue weighted by Gasteiger charge is -2.43. The highest BCUT2D eigenvalue weighted by atomic mass is 19.1. The maximum atomic E-state index is 14.2. The molecule has 0 saturated carbocycles. The van der Waals surface area contributed by atoms with Gasteiger partial charge in [-0.05, 0) is 18.1 Å². The minimum Gasteiger partial charge on any atom is -0.396 e. The largest absolute Gasteiger partial charge is 0.396 e. The molecule has 140 valence electrons. The maximum absolute atomic E-state index is 14.2. The quantitative estimate of drug-likeness (QED) is 0.828. The Morgan fingerprint density at radius 1 is 1.19 bits per heavy atom. The molecular formula is C20H23F2NO3. The van der Waals surface area contributed by atoms with E-state index in [-0.39, 0.29) is 24.9 Å². The molecule has 0 amide bonds. The molecule has 2 aromatic carbocycles. The predicted molar refractivity (Wildman–Crippen MR) is 93.3 cm³/mol. The normalized spacial score (nSPS) is 26.0. The van der Waals surface area contributed by atoms with Gasteiger partial charge in [-0.3, -0.25) is 0 Å². The van der Waals surface area contributed by atoms with Gasteiger partial charge in [0, 0.05) is 24.2 Å². The van der Waals surface area contributed by atoms with Crippen LogP contribution in [0, 0.1) is 17.6 Å². The first-order valence-corrected chi connectivity index (χ1v) is 8.61. The van der Waals surface area contributed by atoms with Gasteiger partial charge in [0.1, 0.15) is 11.6 Å². The number of rotatable bonds is 6. The molecular weight excluding hydrogens is 340 g/mol. The van der Waals surface area contributed by atoms with Crippen molar-refractivity contribution in [3.63, 3.8) is 0 Å². The standard InChI is InChI=1S/C20H23F2NO3/c21-16-6-7-18(19(22)9-16)20(23)13-26-17(8-15(20)10-24)12-25-11-14-4-2-1-3-5-14/h1-7,9,15,17,24H,8,10-13,23H2. The lowest BCUT2D eigenvalue weighted by molar-refractivity contribution is -0.106. The molecule has 1 aliphatic rings. The Labute approximate surface area is 151 Å². The van der Waals surface area contributed by atoms with Gasteiger partial charge in [-0.25, -0.2) is 8.78 Å². The fraction of sp³-hybridized carbons (Fsp3) is 0.400. The van der Waals surface area contributed by atoms with Crippen molar-refractivity contribution in [3.8, 4) is 0 Å². The number of benzene rings is 2. The van der Waals surface area contributed by atoms with Crippen LogP contribution < -0.4 is 5.73 Å². The molecule has 0 radical (unpaired) electrons. The molecule has 3 unspecified atom stereocenters. The number of aliphatic hydroxyl groups excluding tert-OH is 1. The van der Waals surface area contributed by atoms with Crippen LogP contribution in [-0.2, 0) is 21.6 Å². The first-order valence-electron chi connectivity index (χ1n) is 8.61. The molecule has 3 N–H and O–H groups in total. The molecule has 0 bridgehead atoms. The van der Waals surface area contributed by atoms with Gasteiger partial charge in [0.15, 0.2) is 0 Å². The number of hydrogen-bond donors (Lipinski definition) is 2. The number of hydrogen-bond acceptors (Lipinski definition) is 4. The summed E-state index contributed by atoms with van der Waals surface area (Å²) < 4.78 is 38.9. The maximum Gasteiger partial charge on any atom is 0.131 e. The van der Waals surface area contributed by atoms with Crippen molar-refractivity contribution in [1.29, 1.82) is 0 Å². The molecule has 6 heteroatoms. The van der Waals surface area contributed by atoms with E-state index in [1.807, 2.05) is 30.3 Å². The second-order valence-corrected chi connectivity index (χ2v) is 6.71. The van der Waals surface area contributed by atoms with Crippen molar-refractivity contribution >= 4 is 0 Å². The smallest absolute Gasteiger partial charge is 0.131 e. The van der Waals surface area contributed by atoms with Crippen molar-refractivity contribution in [2.24, 2.45) is 11.7 Å². The molecule has 26 heavy (non-hydrogen) atoms. The second kappa shape index (κ2) is 8.22. The molecule has 3 atom stereocenters. The van der Waals surface area contributed by atoms with Gasteiger partial charge in [-0.1, -0.05) is 36.4 Å². The third-order valence-corrected chi connectivity index (χ3v) is 4.90. The summed E-state index contributed by atoms with van der Waals surface area (Å²) in [4.78, 5) is 0. The summed E-state index contributed by atoms with van der Waals surface area (Å²) >= 11 is 0. The molecule has 0 spiro atoms. The zero-order chi connectivity index (χ0) is 18.6. The zero-order valence-corrected chi connectivity index (χ0v) is 14.4. The summed E-state index contributed by atoms with van der Waals surface area (Å²) in [5.41, 5.74) is 6.39. The lowest BCUT2D eigenvalue weighted by Crippen LogP contribution is -2.55. The first kappa shape index (κ1) is 18.9. The fourth-order valence-electron chi connectivity index (χ4n) is 3.37. The third-order valence-electron chi connectivity index (χ3n) is 4.90. The van der Waals surface area contributed by atoms with Gasteiger partial charge in [0.25, 0.3) is 0 Å². The number of halogens is 2. The number of aliphatic hydroxyl groups is 1. The monoisotopic (exact) mass is 363 g/mol. The Bertz CT molecular complexity index is 728. The summed E-state index contributed by atoms with van der Waals surface area (Å²) in [5, 5.41) is 9.78. The van der Waals surface area contributed by atoms with Gasteiger partial charge in [0.05, 0.1) is 31.5 Å². The summed E-state index contributed by atoms with van der Waals surface area (Å²) in [7, 11) is 0. The third kappa shape index (κ3) is 4.10. The molecule has 3 rings (SSSR count). The van der Waals surface area contributed by atoms with Gasteiger partial charge in [0.2, 0.25) is 0 Å². The van der Waals surface area contributed by atoms with Crippen LogP contribution in [0.5, 0.6) is 0 Å². The molecule has 1 fully saturated rings. The van der Waals surface area contributed by atoms with E-state index in [9.17, 15) is 13.9 Å². The van der Waals surface area contributed by atoms with Crippen LogP contribution in [0.4, 0.5) is 8.78 Å². The highest BCUT2D eigenvalue weighted by molar-refractivity contribution is 5.28. The van der Waals surface area contributed by atoms with Crippen molar-refractivity contribution < 1.29 is 23.4 Å². The van der Waals surface area contributed by atoms with Gasteiger partial charge < -0.3 is 20.3 Å². The molecule has 4 nitrogen and oxygen atoms in total. The highest BCUT2D eigenvalue weighted by Crippen LogP contribution is 2.37. The van der Waals surface area contributed by atoms with Crippen LogP contribution in [0.25, 0.3) is 0 Å². The average molecular weight is 363 g/mol. The lowest BCUT2D eigenvalue weighted by atomic mass is 9.75.